The molecule has 7 nitrogen and oxygen atoms in total. The van der Waals surface area contributed by atoms with Crippen molar-refractivity contribution in [3.05, 3.63) is 47.9 Å². The van der Waals surface area contributed by atoms with E-state index in [1.54, 1.807) is 24.3 Å². The first kappa shape index (κ1) is 16.1. The van der Waals surface area contributed by atoms with Crippen LogP contribution in [0.25, 0.3) is 0 Å². The maximum absolute atomic E-state index is 12.1. The number of hydrogen-bond acceptors (Lipinski definition) is 5. The van der Waals surface area contributed by atoms with Crippen molar-refractivity contribution >= 4 is 35.2 Å². The summed E-state index contributed by atoms with van der Waals surface area (Å²) in [6.45, 7) is 0.562. The first-order valence-corrected chi connectivity index (χ1v) is 8.28. The predicted molar refractivity (Wildman–Crippen MR) is 89.2 cm³/mol. The standard InChI is InChI=1S/C16H15N3O4S/c20-14-9-24-13-4-3-10(8-11(13)19-14)15(21)17-5-6-18-16(22)12-2-1-7-23-12/h1-4,7-8H,5-6,9H2,(H,17,21)(H,18,22)(H,19,20). The number of furan rings is 1. The third-order valence-electron chi connectivity index (χ3n) is 3.32. The van der Waals surface area contributed by atoms with Crippen LogP contribution in [-0.4, -0.2) is 36.6 Å². The van der Waals surface area contributed by atoms with E-state index in [9.17, 15) is 14.4 Å². The Morgan fingerprint density at radius 3 is 2.71 bits per heavy atom. The molecule has 0 saturated carbocycles. The van der Waals surface area contributed by atoms with Crippen molar-refractivity contribution < 1.29 is 18.8 Å². The number of thioether (sulfide) groups is 1. The van der Waals surface area contributed by atoms with Crippen molar-refractivity contribution in [2.75, 3.05) is 24.2 Å². The van der Waals surface area contributed by atoms with Crippen LogP contribution in [-0.2, 0) is 4.79 Å². The summed E-state index contributed by atoms with van der Waals surface area (Å²) in [6.07, 6.45) is 1.42. The fraction of sp³-hybridized carbons (Fsp3) is 0.188. The molecule has 124 valence electrons. The van der Waals surface area contributed by atoms with Gasteiger partial charge in [0, 0.05) is 23.5 Å². The van der Waals surface area contributed by atoms with Crippen LogP contribution < -0.4 is 16.0 Å². The van der Waals surface area contributed by atoms with Crippen LogP contribution in [0.3, 0.4) is 0 Å². The molecule has 0 radical (unpaired) electrons. The first-order valence-electron chi connectivity index (χ1n) is 7.30. The summed E-state index contributed by atoms with van der Waals surface area (Å²) in [5.41, 5.74) is 1.10. The molecule has 3 rings (SSSR count). The SMILES string of the molecule is O=C1CSc2ccc(C(=O)NCCNC(=O)c3ccco3)cc2N1. The zero-order chi connectivity index (χ0) is 16.9. The van der Waals surface area contributed by atoms with E-state index >= 15 is 0 Å². The van der Waals surface area contributed by atoms with Gasteiger partial charge in [0.05, 0.1) is 17.7 Å². The van der Waals surface area contributed by atoms with Crippen molar-refractivity contribution in [2.24, 2.45) is 0 Å². The summed E-state index contributed by atoms with van der Waals surface area (Å²) in [5, 5.41) is 8.10. The molecule has 0 fully saturated rings. The molecular formula is C16H15N3O4S. The van der Waals surface area contributed by atoms with Crippen molar-refractivity contribution in [1.29, 1.82) is 0 Å². The molecule has 1 aromatic heterocycles. The molecule has 1 aliphatic heterocycles. The second kappa shape index (κ2) is 7.22. The predicted octanol–water partition coefficient (Wildman–Crippen LogP) is 1.48. The molecular weight excluding hydrogens is 330 g/mol. The van der Waals surface area contributed by atoms with Gasteiger partial charge in [0.2, 0.25) is 5.91 Å². The van der Waals surface area contributed by atoms with E-state index in [1.165, 1.54) is 18.0 Å². The van der Waals surface area contributed by atoms with Crippen LogP contribution >= 0.6 is 11.8 Å². The molecule has 2 heterocycles. The molecule has 2 aromatic rings. The molecule has 3 amide bonds. The van der Waals surface area contributed by atoms with Gasteiger partial charge in [-0.25, -0.2) is 0 Å². The van der Waals surface area contributed by atoms with Crippen molar-refractivity contribution in [3.63, 3.8) is 0 Å². The molecule has 0 spiro atoms. The number of benzene rings is 1. The Balaban J connectivity index is 1.49. The lowest BCUT2D eigenvalue weighted by atomic mass is 10.2. The van der Waals surface area contributed by atoms with Crippen LogP contribution in [0.4, 0.5) is 5.69 Å². The number of amides is 3. The number of nitrogens with one attached hydrogen (secondary N) is 3. The van der Waals surface area contributed by atoms with E-state index in [2.05, 4.69) is 16.0 Å². The Morgan fingerprint density at radius 1 is 1.17 bits per heavy atom. The minimum Gasteiger partial charge on any atom is -0.459 e. The molecule has 8 heteroatoms. The number of fused-ring (bicyclic) bond motifs is 1. The number of anilines is 1. The van der Waals surface area contributed by atoms with Gasteiger partial charge in [0.15, 0.2) is 5.76 Å². The molecule has 1 aromatic carbocycles. The fourth-order valence-electron chi connectivity index (χ4n) is 2.17. The second-order valence-electron chi connectivity index (χ2n) is 5.04. The monoisotopic (exact) mass is 345 g/mol. The fourth-order valence-corrected chi connectivity index (χ4v) is 2.96. The van der Waals surface area contributed by atoms with Crippen LogP contribution in [0.5, 0.6) is 0 Å². The Kier molecular flexibility index (Phi) is 4.85. The highest BCUT2D eigenvalue weighted by atomic mass is 32.2. The van der Waals surface area contributed by atoms with Crippen molar-refractivity contribution in [3.8, 4) is 0 Å². The lowest BCUT2D eigenvalue weighted by Crippen LogP contribution is -2.34. The van der Waals surface area contributed by atoms with Crippen molar-refractivity contribution in [2.45, 2.75) is 4.90 Å². The summed E-state index contributed by atoms with van der Waals surface area (Å²) < 4.78 is 4.97. The average Bonchev–Trinajstić information content (AvgIpc) is 3.12. The summed E-state index contributed by atoms with van der Waals surface area (Å²) in [5.74, 6) is -0.0685. The quantitative estimate of drug-likeness (QED) is 0.713. The van der Waals surface area contributed by atoms with Gasteiger partial charge in [-0.15, -0.1) is 11.8 Å². The maximum Gasteiger partial charge on any atom is 0.287 e. The lowest BCUT2D eigenvalue weighted by Gasteiger charge is -2.17. The van der Waals surface area contributed by atoms with E-state index in [0.29, 0.717) is 17.0 Å². The van der Waals surface area contributed by atoms with E-state index in [0.717, 1.165) is 4.90 Å². The lowest BCUT2D eigenvalue weighted by molar-refractivity contribution is -0.113. The average molecular weight is 345 g/mol. The zero-order valence-electron chi connectivity index (χ0n) is 12.6. The van der Waals surface area contributed by atoms with Crippen LogP contribution in [0.1, 0.15) is 20.9 Å². The topological polar surface area (TPSA) is 100 Å². The molecule has 0 saturated heterocycles. The highest BCUT2D eigenvalue weighted by Crippen LogP contribution is 2.31. The molecule has 0 bridgehead atoms. The van der Waals surface area contributed by atoms with Gasteiger partial charge in [-0.1, -0.05) is 0 Å². The van der Waals surface area contributed by atoms with E-state index in [1.807, 2.05) is 6.07 Å². The van der Waals surface area contributed by atoms with Gasteiger partial charge in [-0.2, -0.15) is 0 Å². The molecule has 0 unspecified atom stereocenters. The molecule has 0 aliphatic carbocycles. The zero-order valence-corrected chi connectivity index (χ0v) is 13.4. The molecule has 1 aliphatic rings. The van der Waals surface area contributed by atoms with Crippen LogP contribution in [0.15, 0.2) is 45.9 Å². The number of carbonyl (C=O) groups is 3. The summed E-state index contributed by atoms with van der Waals surface area (Å²) in [7, 11) is 0. The Morgan fingerprint density at radius 2 is 1.96 bits per heavy atom. The number of hydrogen-bond donors (Lipinski definition) is 3. The van der Waals surface area contributed by atoms with E-state index in [-0.39, 0.29) is 36.6 Å². The van der Waals surface area contributed by atoms with Gasteiger partial charge >= 0.3 is 0 Å². The summed E-state index contributed by atoms with van der Waals surface area (Å²) in [4.78, 5) is 36.1. The van der Waals surface area contributed by atoms with Gasteiger partial charge in [-0.05, 0) is 30.3 Å². The Hall–Kier alpha value is -2.74. The molecule has 0 atom stereocenters. The smallest absolute Gasteiger partial charge is 0.287 e. The van der Waals surface area contributed by atoms with Crippen LogP contribution in [0.2, 0.25) is 0 Å². The van der Waals surface area contributed by atoms with E-state index in [4.69, 9.17) is 4.42 Å². The second-order valence-corrected chi connectivity index (χ2v) is 6.05. The largest absolute Gasteiger partial charge is 0.459 e. The molecule has 24 heavy (non-hydrogen) atoms. The van der Waals surface area contributed by atoms with E-state index < -0.39 is 0 Å². The number of carbonyl (C=O) groups excluding carboxylic acids is 3. The maximum atomic E-state index is 12.1. The third-order valence-corrected chi connectivity index (χ3v) is 4.39. The summed E-state index contributed by atoms with van der Waals surface area (Å²) in [6, 6.07) is 8.36. The highest BCUT2D eigenvalue weighted by Gasteiger charge is 2.17. The molecule has 3 N–H and O–H groups in total. The minimum absolute atomic E-state index is 0.0781. The van der Waals surface area contributed by atoms with Crippen LogP contribution in [0, 0.1) is 0 Å². The van der Waals surface area contributed by atoms with Gasteiger partial charge in [0.1, 0.15) is 0 Å². The van der Waals surface area contributed by atoms with Gasteiger partial charge < -0.3 is 20.4 Å². The first-order chi connectivity index (χ1) is 11.6. The number of rotatable bonds is 5. The van der Waals surface area contributed by atoms with Crippen molar-refractivity contribution in [1.82, 2.24) is 10.6 Å². The highest BCUT2D eigenvalue weighted by molar-refractivity contribution is 8.00. The van der Waals surface area contributed by atoms with Gasteiger partial charge in [-0.3, -0.25) is 14.4 Å². The Bertz CT molecular complexity index is 774. The summed E-state index contributed by atoms with van der Waals surface area (Å²) >= 11 is 1.44. The van der Waals surface area contributed by atoms with Gasteiger partial charge in [0.25, 0.3) is 11.8 Å². The third kappa shape index (κ3) is 3.77. The Labute approximate surface area is 142 Å². The minimum atomic E-state index is -0.331. The normalized spacial score (nSPS) is 12.9.